The average Bonchev–Trinajstić information content (AvgIpc) is 3.30. The quantitative estimate of drug-likeness (QED) is 0.0147. The van der Waals surface area contributed by atoms with Crippen molar-refractivity contribution in [2.24, 2.45) is 0 Å². The number of carbonyl (C=O) groups is 1. The highest BCUT2D eigenvalue weighted by molar-refractivity contribution is 7.47. The fourth-order valence-corrected chi connectivity index (χ4v) is 8.92. The lowest BCUT2D eigenvalue weighted by Crippen LogP contribution is -2.64. The summed E-state index contributed by atoms with van der Waals surface area (Å²) in [6.45, 7) is 4.23. The van der Waals surface area contributed by atoms with Crippen LogP contribution >= 0.6 is 7.82 Å². The third-order valence-electron chi connectivity index (χ3n) is 12.2. The molecule has 0 aromatic rings. The number of ether oxygens (including phenoxy) is 2. The van der Waals surface area contributed by atoms with Gasteiger partial charge in [-0.2, -0.15) is 0 Å². The third-order valence-corrected chi connectivity index (χ3v) is 13.2. The predicted molar refractivity (Wildman–Crippen MR) is 267 cm³/mol. The van der Waals surface area contributed by atoms with Crippen LogP contribution in [0.15, 0.2) is 48.6 Å². The van der Waals surface area contributed by atoms with E-state index in [1.807, 2.05) is 0 Å². The van der Waals surface area contributed by atoms with Gasteiger partial charge in [-0.3, -0.25) is 13.8 Å². The Morgan fingerprint density at radius 2 is 0.848 bits per heavy atom. The molecule has 0 aliphatic heterocycles. The van der Waals surface area contributed by atoms with Crippen LogP contribution in [0.1, 0.15) is 219 Å². The van der Waals surface area contributed by atoms with Crippen LogP contribution in [0, 0.1) is 0 Å². The molecule has 66 heavy (non-hydrogen) atoms. The number of phosphoric ester groups is 1. The van der Waals surface area contributed by atoms with E-state index in [0.717, 1.165) is 70.6 Å². The van der Waals surface area contributed by atoms with Crippen molar-refractivity contribution in [2.45, 2.75) is 262 Å². The molecule has 1 aliphatic carbocycles. The first-order chi connectivity index (χ1) is 32.0. The second-order valence-corrected chi connectivity index (χ2v) is 19.8. The summed E-state index contributed by atoms with van der Waals surface area (Å²) in [5, 5.41) is 50.3. The number of esters is 1. The lowest BCUT2D eigenvalue weighted by Gasteiger charge is -2.41. The van der Waals surface area contributed by atoms with Gasteiger partial charge in [0, 0.05) is 13.0 Å². The minimum absolute atomic E-state index is 0.0827. The molecular weight excluding hydrogens is 860 g/mol. The number of aliphatic hydroxyl groups excluding tert-OH is 5. The van der Waals surface area contributed by atoms with E-state index >= 15 is 0 Å². The molecular formula is C53H97O12P. The number of hydrogen-bond acceptors (Lipinski definition) is 11. The predicted octanol–water partition coefficient (Wildman–Crippen LogP) is 12.0. The molecule has 1 aliphatic rings. The van der Waals surface area contributed by atoms with Gasteiger partial charge in [0.2, 0.25) is 0 Å². The van der Waals surface area contributed by atoms with Gasteiger partial charge in [0.05, 0.1) is 13.2 Å². The number of rotatable bonds is 45. The molecule has 0 aromatic heterocycles. The SMILES string of the molecule is CCCCC/C=C\C/C=C\CCCCCCCCCCOCC(COP(=O)(O)OC1C(O)C(O)C(O)C(O)C1O)OC(=O)CCCCCCCCCCC/C=C\C/C=C\CCCCCCC. The third kappa shape index (κ3) is 34.6. The number of phosphoric acid groups is 1. The fraction of sp³-hybridized carbons (Fsp3) is 0.830. The maximum absolute atomic E-state index is 12.9. The minimum Gasteiger partial charge on any atom is -0.457 e. The first-order valence-electron chi connectivity index (χ1n) is 26.5. The molecule has 6 N–H and O–H groups in total. The highest BCUT2D eigenvalue weighted by Crippen LogP contribution is 2.47. The second kappa shape index (κ2) is 43.3. The van der Waals surface area contributed by atoms with Crippen molar-refractivity contribution in [3.05, 3.63) is 48.6 Å². The number of hydrogen-bond donors (Lipinski definition) is 6. The van der Waals surface area contributed by atoms with E-state index in [9.17, 15) is 39.8 Å². The lowest BCUT2D eigenvalue weighted by atomic mass is 9.85. The Morgan fingerprint density at radius 3 is 1.30 bits per heavy atom. The van der Waals surface area contributed by atoms with E-state index in [4.69, 9.17) is 18.5 Å². The maximum atomic E-state index is 12.9. The summed E-state index contributed by atoms with van der Waals surface area (Å²) in [6, 6.07) is 0. The Balaban J connectivity index is 2.34. The molecule has 13 heteroatoms. The van der Waals surface area contributed by atoms with Gasteiger partial charge in [-0.1, -0.05) is 184 Å². The Bertz CT molecular complexity index is 1270. The van der Waals surface area contributed by atoms with Crippen molar-refractivity contribution in [1.82, 2.24) is 0 Å². The zero-order valence-corrected chi connectivity index (χ0v) is 42.4. The Morgan fingerprint density at radius 1 is 0.485 bits per heavy atom. The maximum Gasteiger partial charge on any atom is 0.472 e. The summed E-state index contributed by atoms with van der Waals surface area (Å²) in [4.78, 5) is 23.3. The number of aliphatic hydroxyl groups is 5. The summed E-state index contributed by atoms with van der Waals surface area (Å²) >= 11 is 0. The van der Waals surface area contributed by atoms with Crippen LogP contribution < -0.4 is 0 Å². The van der Waals surface area contributed by atoms with Crippen LogP contribution in [0.3, 0.4) is 0 Å². The van der Waals surface area contributed by atoms with Crippen LogP contribution in [-0.4, -0.2) is 98.9 Å². The molecule has 0 bridgehead atoms. The minimum atomic E-state index is -5.03. The van der Waals surface area contributed by atoms with Crippen molar-refractivity contribution in [3.8, 4) is 0 Å². The van der Waals surface area contributed by atoms with Gasteiger partial charge in [-0.05, 0) is 77.0 Å². The molecule has 6 unspecified atom stereocenters. The molecule has 0 radical (unpaired) electrons. The molecule has 1 fully saturated rings. The molecule has 0 amide bonds. The molecule has 0 aromatic carbocycles. The second-order valence-electron chi connectivity index (χ2n) is 18.4. The summed E-state index contributed by atoms with van der Waals surface area (Å²) < 4.78 is 34.3. The highest BCUT2D eigenvalue weighted by Gasteiger charge is 2.51. The van der Waals surface area contributed by atoms with Gasteiger partial charge in [-0.15, -0.1) is 0 Å². The normalized spacial score (nSPS) is 21.8. The molecule has 0 spiro atoms. The summed E-state index contributed by atoms with van der Waals surface area (Å²) in [5.74, 6) is -0.483. The zero-order valence-electron chi connectivity index (χ0n) is 41.5. The molecule has 0 saturated heterocycles. The van der Waals surface area contributed by atoms with Crippen molar-refractivity contribution < 1.29 is 58.3 Å². The van der Waals surface area contributed by atoms with Crippen LogP contribution in [-0.2, 0) is 27.9 Å². The smallest absolute Gasteiger partial charge is 0.457 e. The summed E-state index contributed by atoms with van der Waals surface area (Å²) in [6.07, 6.45) is 41.7. The highest BCUT2D eigenvalue weighted by atomic mass is 31.2. The van der Waals surface area contributed by atoms with Gasteiger partial charge < -0.3 is 39.9 Å². The van der Waals surface area contributed by atoms with Crippen LogP contribution in [0.5, 0.6) is 0 Å². The Kier molecular flexibility index (Phi) is 40.9. The van der Waals surface area contributed by atoms with Gasteiger partial charge in [0.25, 0.3) is 0 Å². The molecule has 6 atom stereocenters. The number of allylic oxidation sites excluding steroid dienone is 8. The van der Waals surface area contributed by atoms with Crippen molar-refractivity contribution in [2.75, 3.05) is 19.8 Å². The van der Waals surface area contributed by atoms with E-state index in [2.05, 4.69) is 62.5 Å². The van der Waals surface area contributed by atoms with Gasteiger partial charge in [0.1, 0.15) is 42.7 Å². The lowest BCUT2D eigenvalue weighted by molar-refractivity contribution is -0.220. The van der Waals surface area contributed by atoms with Crippen LogP contribution in [0.2, 0.25) is 0 Å². The van der Waals surface area contributed by atoms with Crippen LogP contribution in [0.4, 0.5) is 0 Å². The number of unbranched alkanes of at least 4 members (excludes halogenated alkanes) is 25. The molecule has 12 nitrogen and oxygen atoms in total. The van der Waals surface area contributed by atoms with E-state index in [1.165, 1.54) is 122 Å². The van der Waals surface area contributed by atoms with E-state index in [-0.39, 0.29) is 13.0 Å². The topological polar surface area (TPSA) is 192 Å². The summed E-state index contributed by atoms with van der Waals surface area (Å²) in [5.41, 5.74) is 0. The first-order valence-corrected chi connectivity index (χ1v) is 28.0. The Hall–Kier alpha value is -1.70. The standard InChI is InChI=1S/C53H97O12P/c1-3-5-7-9-11-13-15-17-19-21-23-24-25-26-28-30-32-34-36-38-40-42-47(54)64-46(45-63-66(60,61)65-53-51(58)49(56)48(55)50(57)52(53)59)44-62-43-41-39-37-35-33-31-29-27-22-20-18-16-14-12-10-8-6-4-2/h12,14-15,17-18,20-21,23,46,48-53,55-59H,3-11,13,16,19,22,24-45H2,1-2H3,(H,60,61)/b14-12-,17-15-,20-18-,23-21-. The molecule has 1 rings (SSSR count). The fourth-order valence-electron chi connectivity index (χ4n) is 7.95. The van der Waals surface area contributed by atoms with Crippen molar-refractivity contribution in [3.63, 3.8) is 0 Å². The summed E-state index contributed by atoms with van der Waals surface area (Å²) in [7, 11) is -5.03. The number of carbonyl (C=O) groups excluding carboxylic acids is 1. The monoisotopic (exact) mass is 957 g/mol. The van der Waals surface area contributed by atoms with Crippen molar-refractivity contribution >= 4 is 13.8 Å². The van der Waals surface area contributed by atoms with Gasteiger partial charge in [0.15, 0.2) is 0 Å². The van der Waals surface area contributed by atoms with E-state index in [0.29, 0.717) is 13.0 Å². The Labute approximate surface area is 401 Å². The first kappa shape index (κ1) is 62.3. The van der Waals surface area contributed by atoms with Crippen LogP contribution in [0.25, 0.3) is 0 Å². The zero-order chi connectivity index (χ0) is 48.4. The molecule has 386 valence electrons. The van der Waals surface area contributed by atoms with E-state index < -0.39 is 63.1 Å². The van der Waals surface area contributed by atoms with Gasteiger partial charge in [-0.25, -0.2) is 4.57 Å². The van der Waals surface area contributed by atoms with Gasteiger partial charge >= 0.3 is 13.8 Å². The average molecular weight is 957 g/mol. The molecule has 1 saturated carbocycles. The largest absolute Gasteiger partial charge is 0.472 e. The molecule has 0 heterocycles. The van der Waals surface area contributed by atoms with Crippen molar-refractivity contribution in [1.29, 1.82) is 0 Å². The van der Waals surface area contributed by atoms with E-state index in [1.54, 1.807) is 0 Å².